The molecule has 0 saturated heterocycles. The van der Waals surface area contributed by atoms with Crippen molar-refractivity contribution in [1.82, 2.24) is 4.90 Å². The average molecular weight is 256 g/mol. The largest absolute Gasteiger partial charge is 0.341 e. The molecular weight excluding hydrogens is 236 g/mol. The molecule has 19 heavy (non-hydrogen) atoms. The molecule has 1 aliphatic rings. The minimum Gasteiger partial charge on any atom is -0.341 e. The van der Waals surface area contributed by atoms with E-state index >= 15 is 0 Å². The molecule has 2 N–H and O–H groups in total. The minimum atomic E-state index is 0.243. The van der Waals surface area contributed by atoms with Crippen LogP contribution in [0.2, 0.25) is 0 Å². The monoisotopic (exact) mass is 256 g/mol. The highest BCUT2D eigenvalue weighted by atomic mass is 16.2. The van der Waals surface area contributed by atoms with E-state index in [4.69, 9.17) is 5.73 Å². The number of hydrogen-bond donors (Lipinski definition) is 1. The molecule has 0 atom stereocenters. The Kier molecular flexibility index (Phi) is 4.59. The summed E-state index contributed by atoms with van der Waals surface area (Å²) in [6.45, 7) is 0.968. The van der Waals surface area contributed by atoms with Crippen LogP contribution in [-0.2, 0) is 11.3 Å². The number of amides is 1. The quantitative estimate of drug-likeness (QED) is 0.838. The fraction of sp³-hybridized carbons (Fsp3) is 0.438. The number of carbonyl (C=O) groups excluding carboxylic acids is 1. The van der Waals surface area contributed by atoms with Gasteiger partial charge in [-0.15, -0.1) is 0 Å². The maximum atomic E-state index is 12.1. The fourth-order valence-corrected chi connectivity index (χ4v) is 2.23. The summed E-state index contributed by atoms with van der Waals surface area (Å²) in [4.78, 5) is 13.9. The van der Waals surface area contributed by atoms with Crippen molar-refractivity contribution in [3.63, 3.8) is 0 Å². The van der Waals surface area contributed by atoms with E-state index in [2.05, 4.69) is 11.8 Å². The predicted octanol–water partition coefficient (Wildman–Crippen LogP) is 1.76. The standard InChI is InChI=1S/C16H20N2O/c1-18(16(19)14-8-4-9-14)12-15-7-3-2-6-13(15)10-5-11-17/h2-3,6-7,14H,4,8-9,11-12,17H2,1H3. The van der Waals surface area contributed by atoms with E-state index in [1.807, 2.05) is 36.2 Å². The Morgan fingerprint density at radius 2 is 2.16 bits per heavy atom. The second-order valence-corrected chi connectivity index (χ2v) is 4.99. The molecule has 1 aromatic carbocycles. The van der Waals surface area contributed by atoms with Gasteiger partial charge in [-0.1, -0.05) is 36.5 Å². The van der Waals surface area contributed by atoms with E-state index in [9.17, 15) is 4.79 Å². The zero-order valence-corrected chi connectivity index (χ0v) is 11.4. The van der Waals surface area contributed by atoms with Crippen LogP contribution in [0, 0.1) is 17.8 Å². The average Bonchev–Trinajstić information content (AvgIpc) is 2.35. The third-order valence-electron chi connectivity index (χ3n) is 3.58. The van der Waals surface area contributed by atoms with Crippen molar-refractivity contribution in [2.45, 2.75) is 25.8 Å². The smallest absolute Gasteiger partial charge is 0.225 e. The Labute approximate surface area is 114 Å². The molecule has 1 saturated carbocycles. The van der Waals surface area contributed by atoms with Crippen molar-refractivity contribution in [2.75, 3.05) is 13.6 Å². The van der Waals surface area contributed by atoms with Gasteiger partial charge < -0.3 is 10.6 Å². The van der Waals surface area contributed by atoms with Gasteiger partial charge in [-0.25, -0.2) is 0 Å². The number of nitrogens with two attached hydrogens (primary N) is 1. The van der Waals surface area contributed by atoms with Gasteiger partial charge in [0, 0.05) is 25.1 Å². The molecule has 0 bridgehead atoms. The van der Waals surface area contributed by atoms with Crippen molar-refractivity contribution in [2.24, 2.45) is 11.7 Å². The SMILES string of the molecule is CN(Cc1ccccc1C#CCN)C(=O)C1CCC1. The van der Waals surface area contributed by atoms with E-state index in [0.717, 1.165) is 24.0 Å². The highest BCUT2D eigenvalue weighted by Crippen LogP contribution is 2.28. The van der Waals surface area contributed by atoms with Crippen LogP contribution in [0.15, 0.2) is 24.3 Å². The van der Waals surface area contributed by atoms with Crippen LogP contribution in [0.25, 0.3) is 0 Å². The highest BCUT2D eigenvalue weighted by Gasteiger charge is 2.27. The van der Waals surface area contributed by atoms with Crippen molar-refractivity contribution in [1.29, 1.82) is 0 Å². The first kappa shape index (κ1) is 13.6. The third-order valence-corrected chi connectivity index (χ3v) is 3.58. The van der Waals surface area contributed by atoms with Gasteiger partial charge in [0.2, 0.25) is 5.91 Å². The topological polar surface area (TPSA) is 46.3 Å². The zero-order chi connectivity index (χ0) is 13.7. The van der Waals surface area contributed by atoms with Gasteiger partial charge in [-0.05, 0) is 24.5 Å². The predicted molar refractivity (Wildman–Crippen MR) is 76.2 cm³/mol. The molecule has 0 radical (unpaired) electrons. The lowest BCUT2D eigenvalue weighted by Crippen LogP contribution is -2.35. The van der Waals surface area contributed by atoms with E-state index in [-0.39, 0.29) is 11.8 Å². The van der Waals surface area contributed by atoms with E-state index in [1.54, 1.807) is 0 Å². The molecule has 0 spiro atoms. The van der Waals surface area contributed by atoms with E-state index < -0.39 is 0 Å². The molecule has 0 aliphatic heterocycles. The van der Waals surface area contributed by atoms with Crippen LogP contribution in [0.1, 0.15) is 30.4 Å². The number of rotatable bonds is 3. The van der Waals surface area contributed by atoms with Crippen LogP contribution in [0.4, 0.5) is 0 Å². The van der Waals surface area contributed by atoms with Gasteiger partial charge in [-0.2, -0.15) is 0 Å². The van der Waals surface area contributed by atoms with Gasteiger partial charge >= 0.3 is 0 Å². The number of benzene rings is 1. The summed E-state index contributed by atoms with van der Waals surface area (Å²) in [5.74, 6) is 6.43. The molecule has 0 unspecified atom stereocenters. The Hall–Kier alpha value is -1.79. The molecule has 1 amide bonds. The maximum absolute atomic E-state index is 12.1. The number of hydrogen-bond acceptors (Lipinski definition) is 2. The summed E-state index contributed by atoms with van der Waals surface area (Å²) in [6, 6.07) is 7.92. The van der Waals surface area contributed by atoms with Gasteiger partial charge in [0.1, 0.15) is 0 Å². The van der Waals surface area contributed by atoms with Crippen LogP contribution in [0.3, 0.4) is 0 Å². The van der Waals surface area contributed by atoms with Gasteiger partial charge in [0.15, 0.2) is 0 Å². The number of nitrogens with zero attached hydrogens (tertiary/aromatic N) is 1. The first-order chi connectivity index (χ1) is 9.22. The normalized spacial score (nSPS) is 14.2. The molecule has 1 fully saturated rings. The van der Waals surface area contributed by atoms with Gasteiger partial charge in [0.25, 0.3) is 0 Å². The molecule has 0 heterocycles. The van der Waals surface area contributed by atoms with Crippen molar-refractivity contribution in [3.05, 3.63) is 35.4 Å². The Morgan fingerprint density at radius 1 is 1.42 bits per heavy atom. The first-order valence-corrected chi connectivity index (χ1v) is 6.74. The van der Waals surface area contributed by atoms with Crippen molar-refractivity contribution >= 4 is 5.91 Å². The molecule has 0 aromatic heterocycles. The third kappa shape index (κ3) is 3.36. The summed E-state index contributed by atoms with van der Waals surface area (Å²) in [5.41, 5.74) is 7.44. The van der Waals surface area contributed by atoms with Crippen LogP contribution in [-0.4, -0.2) is 24.4 Å². The van der Waals surface area contributed by atoms with Gasteiger partial charge in [-0.3, -0.25) is 4.79 Å². The molecule has 3 heteroatoms. The molecule has 2 rings (SSSR count). The highest BCUT2D eigenvalue weighted by molar-refractivity contribution is 5.79. The summed E-state index contributed by atoms with van der Waals surface area (Å²) in [6.07, 6.45) is 3.26. The first-order valence-electron chi connectivity index (χ1n) is 6.74. The molecule has 1 aromatic rings. The summed E-state index contributed by atoms with van der Waals surface area (Å²) in [5, 5.41) is 0. The lowest BCUT2D eigenvalue weighted by atomic mass is 9.84. The van der Waals surface area contributed by atoms with Crippen LogP contribution >= 0.6 is 0 Å². The van der Waals surface area contributed by atoms with Crippen molar-refractivity contribution < 1.29 is 4.79 Å². The Balaban J connectivity index is 2.07. The zero-order valence-electron chi connectivity index (χ0n) is 11.4. The lowest BCUT2D eigenvalue weighted by Gasteiger charge is -2.29. The summed E-state index contributed by atoms with van der Waals surface area (Å²) < 4.78 is 0. The van der Waals surface area contributed by atoms with E-state index in [1.165, 1.54) is 6.42 Å². The maximum Gasteiger partial charge on any atom is 0.225 e. The number of carbonyl (C=O) groups is 1. The lowest BCUT2D eigenvalue weighted by molar-refractivity contribution is -0.137. The van der Waals surface area contributed by atoms with Crippen LogP contribution < -0.4 is 5.73 Å². The molecule has 100 valence electrons. The Morgan fingerprint density at radius 3 is 2.79 bits per heavy atom. The Bertz CT molecular complexity index is 509. The molecule has 1 aliphatic carbocycles. The van der Waals surface area contributed by atoms with Crippen LogP contribution in [0.5, 0.6) is 0 Å². The summed E-state index contributed by atoms with van der Waals surface area (Å²) >= 11 is 0. The summed E-state index contributed by atoms with van der Waals surface area (Å²) in [7, 11) is 1.87. The second-order valence-electron chi connectivity index (χ2n) is 4.99. The van der Waals surface area contributed by atoms with Crippen molar-refractivity contribution in [3.8, 4) is 11.8 Å². The minimum absolute atomic E-state index is 0.243. The van der Waals surface area contributed by atoms with E-state index in [0.29, 0.717) is 13.1 Å². The van der Waals surface area contributed by atoms with Gasteiger partial charge in [0.05, 0.1) is 6.54 Å². The molecule has 3 nitrogen and oxygen atoms in total. The fourth-order valence-electron chi connectivity index (χ4n) is 2.23. The second kappa shape index (κ2) is 6.40. The molecular formula is C16H20N2O.